The minimum atomic E-state index is -3.55. The van der Waals surface area contributed by atoms with Gasteiger partial charge in [-0.1, -0.05) is 25.0 Å². The van der Waals surface area contributed by atoms with E-state index in [1.165, 1.54) is 19.2 Å². The molecular weight excluding hydrogens is 390 g/mol. The quantitative estimate of drug-likeness (QED) is 0.554. The van der Waals surface area contributed by atoms with Gasteiger partial charge < -0.3 is 15.8 Å². The van der Waals surface area contributed by atoms with Gasteiger partial charge in [-0.15, -0.1) is 12.4 Å². The predicted molar refractivity (Wildman–Crippen MR) is 107 cm³/mol. The second kappa shape index (κ2) is 10.4. The van der Waals surface area contributed by atoms with Crippen LogP contribution in [0.25, 0.3) is 0 Å². The van der Waals surface area contributed by atoms with Crippen LogP contribution in [0, 0.1) is 5.92 Å². The van der Waals surface area contributed by atoms with Crippen molar-refractivity contribution >= 4 is 28.3 Å². The van der Waals surface area contributed by atoms with E-state index in [1.807, 2.05) is 6.92 Å². The monoisotopic (exact) mass is 419 g/mol. The van der Waals surface area contributed by atoms with Gasteiger partial charge in [0.25, 0.3) is 0 Å². The molecule has 7 nitrogen and oxygen atoms in total. The summed E-state index contributed by atoms with van der Waals surface area (Å²) in [6.45, 7) is 2.82. The third kappa shape index (κ3) is 6.73. The van der Waals surface area contributed by atoms with Crippen molar-refractivity contribution in [2.75, 3.05) is 20.3 Å². The first-order valence-electron chi connectivity index (χ1n) is 8.90. The molecule has 0 heterocycles. The van der Waals surface area contributed by atoms with Crippen LogP contribution in [0.2, 0.25) is 0 Å². The summed E-state index contributed by atoms with van der Waals surface area (Å²) in [7, 11) is -2.04. The fourth-order valence-corrected chi connectivity index (χ4v) is 4.26. The zero-order valence-corrected chi connectivity index (χ0v) is 17.5. The van der Waals surface area contributed by atoms with Crippen molar-refractivity contribution in [3.8, 4) is 0 Å². The average molecular weight is 420 g/mol. The lowest BCUT2D eigenvalue weighted by molar-refractivity contribution is -0.128. The lowest BCUT2D eigenvalue weighted by Gasteiger charge is -2.37. The Morgan fingerprint density at radius 2 is 1.96 bits per heavy atom. The van der Waals surface area contributed by atoms with Crippen LogP contribution in [-0.2, 0) is 26.1 Å². The number of halogens is 1. The number of sulfonamides is 1. The van der Waals surface area contributed by atoms with E-state index < -0.39 is 15.6 Å². The molecule has 0 bridgehead atoms. The predicted octanol–water partition coefficient (Wildman–Crippen LogP) is 1.56. The largest absolute Gasteiger partial charge is 0.383 e. The molecule has 1 aromatic rings. The number of methoxy groups -OCH3 is 1. The molecule has 0 spiro atoms. The number of nitrogens with two attached hydrogens (primary N) is 1. The van der Waals surface area contributed by atoms with E-state index in [1.54, 1.807) is 12.1 Å². The van der Waals surface area contributed by atoms with Crippen molar-refractivity contribution in [3.63, 3.8) is 0 Å². The Hall–Kier alpha value is -1.19. The van der Waals surface area contributed by atoms with Crippen molar-refractivity contribution in [2.24, 2.45) is 11.7 Å². The van der Waals surface area contributed by atoms with Gasteiger partial charge in [-0.2, -0.15) is 0 Å². The van der Waals surface area contributed by atoms with Crippen LogP contribution in [0.1, 0.15) is 38.2 Å². The van der Waals surface area contributed by atoms with E-state index in [0.29, 0.717) is 13.2 Å². The molecule has 0 radical (unpaired) electrons. The molecule has 154 valence electrons. The summed E-state index contributed by atoms with van der Waals surface area (Å²) < 4.78 is 31.5. The standard InChI is InChI=1S/C18H29N3O4S.ClH/c1-18(19)10-4-3-5-16(18)17(22)20-13-14-6-8-15(9-7-14)26(23,24)21-11-12-25-2;/h6-9,16,21H,3-5,10-13,19H2,1-2H3,(H,20,22);1H. The maximum atomic E-state index is 12.5. The number of hydrogen-bond donors (Lipinski definition) is 3. The summed E-state index contributed by atoms with van der Waals surface area (Å²) in [5, 5.41) is 2.92. The van der Waals surface area contributed by atoms with Gasteiger partial charge >= 0.3 is 0 Å². The summed E-state index contributed by atoms with van der Waals surface area (Å²) in [6.07, 6.45) is 3.75. The van der Waals surface area contributed by atoms with Crippen LogP contribution >= 0.6 is 12.4 Å². The first-order valence-corrected chi connectivity index (χ1v) is 10.4. The second-order valence-electron chi connectivity index (χ2n) is 7.06. The maximum absolute atomic E-state index is 12.5. The summed E-state index contributed by atoms with van der Waals surface area (Å²) >= 11 is 0. The first kappa shape index (κ1) is 23.8. The van der Waals surface area contributed by atoms with Crippen LogP contribution in [0.4, 0.5) is 0 Å². The highest BCUT2D eigenvalue weighted by molar-refractivity contribution is 7.89. The van der Waals surface area contributed by atoms with Crippen molar-refractivity contribution in [1.29, 1.82) is 0 Å². The third-order valence-corrected chi connectivity index (χ3v) is 6.35. The summed E-state index contributed by atoms with van der Waals surface area (Å²) in [5.74, 6) is -0.214. The number of carbonyl (C=O) groups excluding carboxylic acids is 1. The molecule has 1 saturated carbocycles. The van der Waals surface area contributed by atoms with Crippen molar-refractivity contribution in [3.05, 3.63) is 29.8 Å². The molecule has 1 amide bonds. The van der Waals surface area contributed by atoms with Crippen LogP contribution in [-0.4, -0.2) is 40.1 Å². The molecule has 9 heteroatoms. The highest BCUT2D eigenvalue weighted by atomic mass is 35.5. The first-order chi connectivity index (χ1) is 12.3. The minimum Gasteiger partial charge on any atom is -0.383 e. The van der Waals surface area contributed by atoms with Crippen LogP contribution in [0.15, 0.2) is 29.2 Å². The lowest BCUT2D eigenvalue weighted by atomic mass is 9.74. The fraction of sp³-hybridized carbons (Fsp3) is 0.611. The lowest BCUT2D eigenvalue weighted by Crippen LogP contribution is -2.52. The van der Waals surface area contributed by atoms with E-state index in [-0.39, 0.29) is 35.7 Å². The minimum absolute atomic E-state index is 0. The summed E-state index contributed by atoms with van der Waals surface area (Å²) in [4.78, 5) is 12.6. The maximum Gasteiger partial charge on any atom is 0.240 e. The topological polar surface area (TPSA) is 111 Å². The smallest absolute Gasteiger partial charge is 0.240 e. The third-order valence-electron chi connectivity index (χ3n) is 4.87. The molecule has 27 heavy (non-hydrogen) atoms. The van der Waals surface area contributed by atoms with Gasteiger partial charge in [0.1, 0.15) is 0 Å². The molecule has 1 aliphatic rings. The van der Waals surface area contributed by atoms with Crippen molar-refractivity contribution in [1.82, 2.24) is 10.0 Å². The second-order valence-corrected chi connectivity index (χ2v) is 8.82. The molecule has 2 rings (SSSR count). The van der Waals surface area contributed by atoms with Gasteiger partial charge in [0, 0.05) is 25.7 Å². The number of benzene rings is 1. The van der Waals surface area contributed by atoms with E-state index in [0.717, 1.165) is 31.2 Å². The van der Waals surface area contributed by atoms with Crippen molar-refractivity contribution in [2.45, 2.75) is 49.6 Å². The molecule has 1 aliphatic carbocycles. The van der Waals surface area contributed by atoms with E-state index >= 15 is 0 Å². The summed E-state index contributed by atoms with van der Waals surface area (Å²) in [6, 6.07) is 6.47. The fourth-order valence-electron chi connectivity index (χ4n) is 3.25. The van der Waals surface area contributed by atoms with E-state index in [2.05, 4.69) is 10.0 Å². The number of carbonyl (C=O) groups is 1. The molecule has 1 fully saturated rings. The molecule has 0 saturated heterocycles. The van der Waals surface area contributed by atoms with Gasteiger partial charge in [0.2, 0.25) is 15.9 Å². The molecular formula is C18H30ClN3O4S. The average Bonchev–Trinajstić information content (AvgIpc) is 2.60. The Kier molecular flexibility index (Phi) is 9.17. The number of hydrogen-bond acceptors (Lipinski definition) is 5. The Labute approximate surface area is 167 Å². The van der Waals surface area contributed by atoms with E-state index in [9.17, 15) is 13.2 Å². The normalized spacial score (nSPS) is 22.7. The SMILES string of the molecule is COCCNS(=O)(=O)c1ccc(CNC(=O)C2CCCCC2(C)N)cc1.Cl. The van der Waals surface area contributed by atoms with Crippen LogP contribution in [0.3, 0.4) is 0 Å². The Bertz CT molecular complexity index is 708. The number of ether oxygens (including phenoxy) is 1. The Morgan fingerprint density at radius 3 is 2.56 bits per heavy atom. The molecule has 0 aliphatic heterocycles. The van der Waals surface area contributed by atoms with Gasteiger partial charge in [0.15, 0.2) is 0 Å². The Morgan fingerprint density at radius 1 is 1.30 bits per heavy atom. The number of rotatable bonds is 8. The molecule has 1 aromatic carbocycles. The highest BCUT2D eigenvalue weighted by Crippen LogP contribution is 2.31. The number of amides is 1. The van der Waals surface area contributed by atoms with Gasteiger partial charge in [-0.05, 0) is 37.5 Å². The van der Waals surface area contributed by atoms with Crippen LogP contribution in [0.5, 0.6) is 0 Å². The molecule has 2 atom stereocenters. The van der Waals surface area contributed by atoms with Crippen molar-refractivity contribution < 1.29 is 17.9 Å². The molecule has 4 N–H and O–H groups in total. The van der Waals surface area contributed by atoms with Crippen LogP contribution < -0.4 is 15.8 Å². The van der Waals surface area contributed by atoms with Gasteiger partial charge in [-0.3, -0.25) is 4.79 Å². The molecule has 2 unspecified atom stereocenters. The number of nitrogens with one attached hydrogen (secondary N) is 2. The van der Waals surface area contributed by atoms with E-state index in [4.69, 9.17) is 10.5 Å². The zero-order chi connectivity index (χ0) is 19.2. The zero-order valence-electron chi connectivity index (χ0n) is 15.9. The Balaban J connectivity index is 0.00000364. The van der Waals surface area contributed by atoms with Gasteiger partial charge in [-0.25, -0.2) is 13.1 Å². The molecule has 0 aromatic heterocycles. The van der Waals surface area contributed by atoms with Gasteiger partial charge in [0.05, 0.1) is 17.4 Å². The highest BCUT2D eigenvalue weighted by Gasteiger charge is 2.37. The summed E-state index contributed by atoms with van der Waals surface area (Å²) in [5.41, 5.74) is 6.64.